The van der Waals surface area contributed by atoms with Gasteiger partial charge in [-0.15, -0.1) is 0 Å². The second-order valence-electron chi connectivity index (χ2n) is 5.99. The summed E-state index contributed by atoms with van der Waals surface area (Å²) >= 11 is 0. The molecule has 0 radical (unpaired) electrons. The number of Topliss-reactive ketones (excluding diaryl/α,β-unsaturated/α-hetero) is 1. The number of nitrogens with one attached hydrogen (secondary N) is 1. The maximum Gasteiger partial charge on any atom is 0.143 e. The number of hydrogen-bond donors (Lipinski definition) is 1. The van der Waals surface area contributed by atoms with Crippen LogP contribution in [-0.4, -0.2) is 15.8 Å². The van der Waals surface area contributed by atoms with Gasteiger partial charge in [0.25, 0.3) is 0 Å². The molecule has 0 spiro atoms. The van der Waals surface area contributed by atoms with E-state index in [9.17, 15) is 4.79 Å². The van der Waals surface area contributed by atoms with Crippen LogP contribution in [0.1, 0.15) is 50.8 Å². The number of carbonyl (C=O) groups is 1. The van der Waals surface area contributed by atoms with Crippen molar-refractivity contribution in [1.29, 1.82) is 0 Å². The summed E-state index contributed by atoms with van der Waals surface area (Å²) in [4.78, 5) is 19.5. The molecular formula is C15H22N2O. The average molecular weight is 246 g/mol. The van der Waals surface area contributed by atoms with Gasteiger partial charge in [0, 0.05) is 18.3 Å². The molecule has 0 amide bonds. The number of aromatic amines is 1. The van der Waals surface area contributed by atoms with Crippen LogP contribution >= 0.6 is 0 Å². The highest BCUT2D eigenvalue weighted by Gasteiger charge is 2.34. The Kier molecular flexibility index (Phi) is 3.48. The molecule has 0 bridgehead atoms. The van der Waals surface area contributed by atoms with E-state index < -0.39 is 0 Å². The van der Waals surface area contributed by atoms with Gasteiger partial charge in [0.1, 0.15) is 11.6 Å². The van der Waals surface area contributed by atoms with Crippen LogP contribution in [0.25, 0.3) is 0 Å². The van der Waals surface area contributed by atoms with E-state index in [2.05, 4.69) is 9.97 Å². The van der Waals surface area contributed by atoms with Gasteiger partial charge in [0.05, 0.1) is 6.42 Å². The van der Waals surface area contributed by atoms with Crippen LogP contribution in [0.3, 0.4) is 0 Å². The van der Waals surface area contributed by atoms with Crippen LogP contribution in [0.15, 0.2) is 12.4 Å². The summed E-state index contributed by atoms with van der Waals surface area (Å²) in [5.41, 5.74) is 0. The van der Waals surface area contributed by atoms with E-state index in [0.29, 0.717) is 18.1 Å². The van der Waals surface area contributed by atoms with Crippen molar-refractivity contribution in [3.63, 3.8) is 0 Å². The molecule has 98 valence electrons. The standard InChI is InChI=1S/C15H22N2O/c18-14(10-15-16-7-8-17-15)13-6-5-11-3-1-2-4-12(11)9-13/h7-8,11-13H,1-6,9-10H2,(H,16,17). The van der Waals surface area contributed by atoms with Crippen molar-refractivity contribution in [3.8, 4) is 0 Å². The first-order valence-electron chi connectivity index (χ1n) is 7.34. The molecule has 3 heteroatoms. The topological polar surface area (TPSA) is 45.8 Å². The Labute approximate surface area is 108 Å². The molecule has 0 aromatic carbocycles. The zero-order chi connectivity index (χ0) is 12.4. The maximum atomic E-state index is 12.3. The molecule has 1 heterocycles. The van der Waals surface area contributed by atoms with E-state index >= 15 is 0 Å². The molecule has 1 aromatic heterocycles. The predicted molar refractivity (Wildman–Crippen MR) is 70.1 cm³/mol. The summed E-state index contributed by atoms with van der Waals surface area (Å²) in [6.07, 6.45) is 13.1. The zero-order valence-electron chi connectivity index (χ0n) is 10.9. The Balaban J connectivity index is 1.58. The average Bonchev–Trinajstić information content (AvgIpc) is 2.91. The van der Waals surface area contributed by atoms with Crippen molar-refractivity contribution in [3.05, 3.63) is 18.2 Å². The lowest BCUT2D eigenvalue weighted by Crippen LogP contribution is -2.32. The second kappa shape index (κ2) is 5.25. The Morgan fingerprint density at radius 2 is 2.06 bits per heavy atom. The van der Waals surface area contributed by atoms with Crippen LogP contribution in [0.4, 0.5) is 0 Å². The number of nitrogens with zero attached hydrogens (tertiary/aromatic N) is 1. The van der Waals surface area contributed by atoms with E-state index in [1.54, 1.807) is 12.4 Å². The molecule has 2 aliphatic carbocycles. The SMILES string of the molecule is O=C(Cc1ncc[nH]1)C1CCC2CCCCC2C1. The number of hydrogen-bond acceptors (Lipinski definition) is 2. The fourth-order valence-electron chi connectivity index (χ4n) is 3.87. The molecule has 3 rings (SSSR count). The van der Waals surface area contributed by atoms with Crippen molar-refractivity contribution < 1.29 is 4.79 Å². The van der Waals surface area contributed by atoms with Crippen LogP contribution in [0, 0.1) is 17.8 Å². The van der Waals surface area contributed by atoms with Gasteiger partial charge in [-0.1, -0.05) is 25.7 Å². The molecule has 3 unspecified atom stereocenters. The minimum absolute atomic E-state index is 0.300. The van der Waals surface area contributed by atoms with Crippen LogP contribution in [-0.2, 0) is 11.2 Å². The zero-order valence-corrected chi connectivity index (χ0v) is 10.9. The first-order chi connectivity index (χ1) is 8.83. The smallest absolute Gasteiger partial charge is 0.143 e. The van der Waals surface area contributed by atoms with E-state index in [1.165, 1.54) is 32.1 Å². The lowest BCUT2D eigenvalue weighted by molar-refractivity contribution is -0.124. The number of ketones is 1. The molecule has 1 N–H and O–H groups in total. The number of aromatic nitrogens is 2. The third kappa shape index (κ3) is 2.50. The van der Waals surface area contributed by atoms with Gasteiger partial charge in [-0.25, -0.2) is 4.98 Å². The summed E-state index contributed by atoms with van der Waals surface area (Å²) in [6, 6.07) is 0. The highest BCUT2D eigenvalue weighted by Crippen LogP contribution is 2.43. The molecule has 2 fully saturated rings. The van der Waals surface area contributed by atoms with Crippen molar-refractivity contribution in [1.82, 2.24) is 9.97 Å². The normalized spacial score (nSPS) is 31.9. The predicted octanol–water partition coefficient (Wildman–Crippen LogP) is 3.13. The molecule has 2 saturated carbocycles. The van der Waals surface area contributed by atoms with Gasteiger partial charge < -0.3 is 4.98 Å². The summed E-state index contributed by atoms with van der Waals surface area (Å²) in [5, 5.41) is 0. The summed E-state index contributed by atoms with van der Waals surface area (Å²) < 4.78 is 0. The van der Waals surface area contributed by atoms with Crippen LogP contribution < -0.4 is 0 Å². The maximum absolute atomic E-state index is 12.3. The van der Waals surface area contributed by atoms with Gasteiger partial charge in [0.15, 0.2) is 0 Å². The van der Waals surface area contributed by atoms with Crippen LogP contribution in [0.5, 0.6) is 0 Å². The first-order valence-corrected chi connectivity index (χ1v) is 7.34. The van der Waals surface area contributed by atoms with Crippen LogP contribution in [0.2, 0.25) is 0 Å². The summed E-state index contributed by atoms with van der Waals surface area (Å²) in [7, 11) is 0. The van der Waals surface area contributed by atoms with Crippen molar-refractivity contribution in [2.24, 2.45) is 17.8 Å². The molecule has 3 nitrogen and oxygen atoms in total. The van der Waals surface area contributed by atoms with Gasteiger partial charge in [0.2, 0.25) is 0 Å². The Morgan fingerprint density at radius 1 is 1.22 bits per heavy atom. The number of carbonyl (C=O) groups excluding carboxylic acids is 1. The Hall–Kier alpha value is -1.12. The highest BCUT2D eigenvalue weighted by atomic mass is 16.1. The quantitative estimate of drug-likeness (QED) is 0.890. The second-order valence-corrected chi connectivity index (χ2v) is 5.99. The van der Waals surface area contributed by atoms with Crippen molar-refractivity contribution >= 4 is 5.78 Å². The molecule has 2 aliphatic rings. The molecular weight excluding hydrogens is 224 g/mol. The molecule has 18 heavy (non-hydrogen) atoms. The number of fused-ring (bicyclic) bond motifs is 1. The molecule has 3 atom stereocenters. The third-order valence-electron chi connectivity index (χ3n) is 4.89. The van der Waals surface area contributed by atoms with Gasteiger partial charge in [-0.2, -0.15) is 0 Å². The molecule has 1 aromatic rings. The summed E-state index contributed by atoms with van der Waals surface area (Å²) in [6.45, 7) is 0. The van der Waals surface area contributed by atoms with E-state index in [1.807, 2.05) is 0 Å². The number of rotatable bonds is 3. The number of imidazole rings is 1. The first kappa shape index (κ1) is 11.9. The monoisotopic (exact) mass is 246 g/mol. The summed E-state index contributed by atoms with van der Waals surface area (Å²) in [5.74, 6) is 3.28. The minimum Gasteiger partial charge on any atom is -0.348 e. The van der Waals surface area contributed by atoms with Gasteiger partial charge in [-0.05, 0) is 31.1 Å². The largest absolute Gasteiger partial charge is 0.348 e. The highest BCUT2D eigenvalue weighted by molar-refractivity contribution is 5.82. The van der Waals surface area contributed by atoms with Crippen molar-refractivity contribution in [2.45, 2.75) is 51.4 Å². The fraction of sp³-hybridized carbons (Fsp3) is 0.733. The van der Waals surface area contributed by atoms with Gasteiger partial charge in [-0.3, -0.25) is 4.79 Å². The fourth-order valence-corrected chi connectivity index (χ4v) is 3.87. The Morgan fingerprint density at radius 3 is 2.83 bits per heavy atom. The molecule has 0 saturated heterocycles. The van der Waals surface area contributed by atoms with Gasteiger partial charge >= 0.3 is 0 Å². The van der Waals surface area contributed by atoms with E-state index in [-0.39, 0.29) is 0 Å². The van der Waals surface area contributed by atoms with E-state index in [4.69, 9.17) is 0 Å². The van der Waals surface area contributed by atoms with Crippen molar-refractivity contribution in [2.75, 3.05) is 0 Å². The third-order valence-corrected chi connectivity index (χ3v) is 4.89. The lowest BCUT2D eigenvalue weighted by Gasteiger charge is -2.38. The minimum atomic E-state index is 0.300. The number of H-pyrrole nitrogens is 1. The Bertz CT molecular complexity index is 399. The lowest BCUT2D eigenvalue weighted by atomic mass is 9.66. The van der Waals surface area contributed by atoms with E-state index in [0.717, 1.165) is 30.5 Å². The molecule has 0 aliphatic heterocycles.